The van der Waals surface area contributed by atoms with Gasteiger partial charge in [0.1, 0.15) is 17.8 Å². The highest BCUT2D eigenvalue weighted by atomic mass is 16.5. The van der Waals surface area contributed by atoms with E-state index in [1.165, 1.54) is 11.9 Å². The van der Waals surface area contributed by atoms with Crippen molar-refractivity contribution in [1.82, 2.24) is 9.97 Å². The van der Waals surface area contributed by atoms with Crippen molar-refractivity contribution in [2.45, 2.75) is 19.4 Å². The molecule has 0 bridgehead atoms. The fourth-order valence-electron chi connectivity index (χ4n) is 3.43. The average Bonchev–Trinajstić information content (AvgIpc) is 2.97. The molecule has 1 amide bonds. The van der Waals surface area contributed by atoms with Gasteiger partial charge in [-0.1, -0.05) is 18.2 Å². The molecule has 2 aliphatic rings. The normalized spacial score (nSPS) is 20.1. The number of carbonyl (C=O) groups excluding carboxylic acids is 1. The lowest BCUT2D eigenvalue weighted by atomic mass is 10.1. The van der Waals surface area contributed by atoms with E-state index in [1.54, 1.807) is 6.07 Å². The van der Waals surface area contributed by atoms with Crippen LogP contribution in [0.25, 0.3) is 0 Å². The van der Waals surface area contributed by atoms with Crippen LogP contribution in [-0.2, 0) is 11.2 Å². The zero-order valence-electron chi connectivity index (χ0n) is 13.7. The number of morpholine rings is 1. The van der Waals surface area contributed by atoms with E-state index in [0.29, 0.717) is 18.9 Å². The van der Waals surface area contributed by atoms with Crippen molar-refractivity contribution in [1.29, 1.82) is 0 Å². The monoisotopic (exact) mass is 324 g/mol. The number of aromatic nitrogens is 2. The van der Waals surface area contributed by atoms with Gasteiger partial charge in [0.05, 0.1) is 13.2 Å². The number of amides is 1. The third kappa shape index (κ3) is 2.63. The van der Waals surface area contributed by atoms with Crippen LogP contribution in [-0.4, -0.2) is 48.2 Å². The lowest BCUT2D eigenvalue weighted by molar-refractivity contribution is 0.0976. The van der Waals surface area contributed by atoms with Gasteiger partial charge in [0.2, 0.25) is 0 Å². The Kier molecular flexibility index (Phi) is 3.90. The van der Waals surface area contributed by atoms with Crippen molar-refractivity contribution in [3.05, 3.63) is 47.9 Å². The van der Waals surface area contributed by atoms with E-state index in [0.717, 1.165) is 31.0 Å². The van der Waals surface area contributed by atoms with E-state index in [2.05, 4.69) is 27.9 Å². The van der Waals surface area contributed by atoms with E-state index in [4.69, 9.17) is 4.74 Å². The van der Waals surface area contributed by atoms with E-state index in [-0.39, 0.29) is 11.9 Å². The lowest BCUT2D eigenvalue weighted by Gasteiger charge is -2.28. The van der Waals surface area contributed by atoms with Crippen LogP contribution in [0, 0.1) is 0 Å². The number of para-hydroxylation sites is 1. The van der Waals surface area contributed by atoms with Crippen molar-refractivity contribution in [2.24, 2.45) is 0 Å². The zero-order chi connectivity index (χ0) is 16.5. The molecule has 0 aliphatic carbocycles. The maximum Gasteiger partial charge on any atom is 0.277 e. The standard InChI is InChI=1S/C18H20N4O2/c1-13-10-14-4-2-3-5-16(14)22(13)18(23)15-11-17(20-12-19-15)21-6-8-24-9-7-21/h2-5,11-13H,6-10H2,1H3. The molecular formula is C18H20N4O2. The first kappa shape index (κ1) is 15.1. The van der Waals surface area contributed by atoms with Crippen LogP contribution in [0.15, 0.2) is 36.7 Å². The van der Waals surface area contributed by atoms with Crippen LogP contribution in [0.5, 0.6) is 0 Å². The highest BCUT2D eigenvalue weighted by molar-refractivity contribution is 6.06. The smallest absolute Gasteiger partial charge is 0.277 e. The molecule has 1 aromatic carbocycles. The molecule has 6 heteroatoms. The molecule has 0 N–H and O–H groups in total. The Bertz CT molecular complexity index is 758. The molecule has 0 spiro atoms. The summed E-state index contributed by atoms with van der Waals surface area (Å²) in [5.74, 6) is 0.723. The maximum atomic E-state index is 13.0. The molecule has 1 atom stereocenters. The van der Waals surface area contributed by atoms with Gasteiger partial charge in [-0.2, -0.15) is 0 Å². The summed E-state index contributed by atoms with van der Waals surface area (Å²) < 4.78 is 5.37. The van der Waals surface area contributed by atoms with Crippen molar-refractivity contribution in [3.63, 3.8) is 0 Å². The summed E-state index contributed by atoms with van der Waals surface area (Å²) in [6.45, 7) is 5.01. The Morgan fingerprint density at radius 2 is 2.00 bits per heavy atom. The SMILES string of the molecule is CC1Cc2ccccc2N1C(=O)c1cc(N2CCOCC2)ncn1. The largest absolute Gasteiger partial charge is 0.378 e. The molecular weight excluding hydrogens is 304 g/mol. The van der Waals surface area contributed by atoms with Gasteiger partial charge in [-0.25, -0.2) is 9.97 Å². The molecule has 2 aliphatic heterocycles. The zero-order valence-corrected chi connectivity index (χ0v) is 13.7. The highest BCUT2D eigenvalue weighted by Crippen LogP contribution is 2.33. The van der Waals surface area contributed by atoms with Crippen LogP contribution in [0.2, 0.25) is 0 Å². The summed E-state index contributed by atoms with van der Waals surface area (Å²) in [6.07, 6.45) is 2.36. The van der Waals surface area contributed by atoms with Gasteiger partial charge in [-0.3, -0.25) is 4.79 Å². The molecule has 1 unspecified atom stereocenters. The van der Waals surface area contributed by atoms with Gasteiger partial charge < -0.3 is 14.5 Å². The maximum absolute atomic E-state index is 13.0. The molecule has 1 saturated heterocycles. The number of anilines is 2. The van der Waals surface area contributed by atoms with Crippen LogP contribution < -0.4 is 9.80 Å². The average molecular weight is 324 g/mol. The molecule has 1 fully saturated rings. The predicted octanol–water partition coefficient (Wildman–Crippen LogP) is 1.90. The van der Waals surface area contributed by atoms with Crippen LogP contribution in [0.4, 0.5) is 11.5 Å². The molecule has 2 aromatic rings. The third-order valence-corrected chi connectivity index (χ3v) is 4.63. The molecule has 6 nitrogen and oxygen atoms in total. The number of nitrogens with zero attached hydrogens (tertiary/aromatic N) is 4. The van der Waals surface area contributed by atoms with Gasteiger partial charge in [0, 0.05) is 30.9 Å². The second kappa shape index (κ2) is 6.20. The van der Waals surface area contributed by atoms with Gasteiger partial charge in [-0.15, -0.1) is 0 Å². The second-order valence-corrected chi connectivity index (χ2v) is 6.22. The summed E-state index contributed by atoms with van der Waals surface area (Å²) in [7, 11) is 0. The minimum absolute atomic E-state index is 0.0654. The minimum atomic E-state index is -0.0654. The summed E-state index contributed by atoms with van der Waals surface area (Å²) >= 11 is 0. The first-order valence-electron chi connectivity index (χ1n) is 8.30. The quantitative estimate of drug-likeness (QED) is 0.844. The van der Waals surface area contributed by atoms with E-state index in [9.17, 15) is 4.79 Å². The molecule has 1 aromatic heterocycles. The third-order valence-electron chi connectivity index (χ3n) is 4.63. The number of carbonyl (C=O) groups is 1. The van der Waals surface area contributed by atoms with Gasteiger partial charge in [-0.05, 0) is 25.0 Å². The van der Waals surface area contributed by atoms with Crippen molar-refractivity contribution in [3.8, 4) is 0 Å². The van der Waals surface area contributed by atoms with E-state index >= 15 is 0 Å². The number of ether oxygens (including phenoxy) is 1. The topological polar surface area (TPSA) is 58.6 Å². The second-order valence-electron chi connectivity index (χ2n) is 6.22. The molecule has 3 heterocycles. The van der Waals surface area contributed by atoms with E-state index in [1.807, 2.05) is 23.1 Å². The summed E-state index contributed by atoms with van der Waals surface area (Å²) in [6, 6.07) is 9.99. The number of benzene rings is 1. The fourth-order valence-corrected chi connectivity index (χ4v) is 3.43. The van der Waals surface area contributed by atoms with Crippen molar-refractivity contribution < 1.29 is 9.53 Å². The van der Waals surface area contributed by atoms with Gasteiger partial charge in [0.25, 0.3) is 5.91 Å². The molecule has 0 radical (unpaired) electrons. The van der Waals surface area contributed by atoms with Crippen molar-refractivity contribution in [2.75, 3.05) is 36.1 Å². The number of hydrogen-bond donors (Lipinski definition) is 0. The molecule has 124 valence electrons. The van der Waals surface area contributed by atoms with Crippen LogP contribution in [0.1, 0.15) is 23.0 Å². The minimum Gasteiger partial charge on any atom is -0.378 e. The summed E-state index contributed by atoms with van der Waals surface area (Å²) in [5.41, 5.74) is 2.64. The van der Waals surface area contributed by atoms with Crippen LogP contribution in [0.3, 0.4) is 0 Å². The highest BCUT2D eigenvalue weighted by Gasteiger charge is 2.32. The summed E-state index contributed by atoms with van der Waals surface area (Å²) in [5, 5.41) is 0. The number of rotatable bonds is 2. The van der Waals surface area contributed by atoms with E-state index < -0.39 is 0 Å². The Morgan fingerprint density at radius 1 is 1.21 bits per heavy atom. The van der Waals surface area contributed by atoms with Gasteiger partial charge in [0.15, 0.2) is 0 Å². The van der Waals surface area contributed by atoms with Gasteiger partial charge >= 0.3 is 0 Å². The first-order valence-corrected chi connectivity index (χ1v) is 8.30. The lowest BCUT2D eigenvalue weighted by Crippen LogP contribution is -2.38. The predicted molar refractivity (Wildman–Crippen MR) is 91.5 cm³/mol. The molecule has 24 heavy (non-hydrogen) atoms. The number of fused-ring (bicyclic) bond motifs is 1. The first-order chi connectivity index (χ1) is 11.7. The fraction of sp³-hybridized carbons (Fsp3) is 0.389. The van der Waals surface area contributed by atoms with Crippen molar-refractivity contribution >= 4 is 17.4 Å². The molecule has 4 rings (SSSR count). The number of hydrogen-bond acceptors (Lipinski definition) is 5. The van der Waals surface area contributed by atoms with Crippen LogP contribution >= 0.6 is 0 Å². The Morgan fingerprint density at radius 3 is 2.83 bits per heavy atom. The molecule has 0 saturated carbocycles. The Labute approximate surface area is 141 Å². The Balaban J connectivity index is 1.63. The summed E-state index contributed by atoms with van der Waals surface area (Å²) in [4.78, 5) is 25.6. The Hall–Kier alpha value is -2.47.